The normalized spacial score (nSPS) is 19.4. The number of nitrogens with one attached hydrogen (secondary N) is 1. The first-order chi connectivity index (χ1) is 9.59. The second-order valence-electron chi connectivity index (χ2n) is 5.76. The fourth-order valence-electron chi connectivity index (χ4n) is 3.01. The molecule has 4 heteroatoms. The van der Waals surface area contributed by atoms with E-state index in [1.807, 2.05) is 31.2 Å². The Labute approximate surface area is 125 Å². The SMILES string of the molecule is C[C@@H](NC(=O)C1(CN)CCCCC1)c1ccccc1Cl. The van der Waals surface area contributed by atoms with Crippen LogP contribution in [0.3, 0.4) is 0 Å². The number of halogens is 1. The molecule has 1 saturated carbocycles. The van der Waals surface area contributed by atoms with Gasteiger partial charge < -0.3 is 11.1 Å². The monoisotopic (exact) mass is 294 g/mol. The molecule has 110 valence electrons. The van der Waals surface area contributed by atoms with E-state index in [1.165, 1.54) is 6.42 Å². The Morgan fingerprint density at radius 2 is 2.00 bits per heavy atom. The van der Waals surface area contributed by atoms with Gasteiger partial charge in [0.1, 0.15) is 0 Å². The third kappa shape index (κ3) is 3.15. The highest BCUT2D eigenvalue weighted by Crippen LogP contribution is 2.36. The van der Waals surface area contributed by atoms with Crippen LogP contribution in [0.5, 0.6) is 0 Å². The largest absolute Gasteiger partial charge is 0.349 e. The van der Waals surface area contributed by atoms with E-state index >= 15 is 0 Å². The quantitative estimate of drug-likeness (QED) is 0.894. The first-order valence-corrected chi connectivity index (χ1v) is 7.72. The van der Waals surface area contributed by atoms with Crippen LogP contribution in [0.2, 0.25) is 5.02 Å². The van der Waals surface area contributed by atoms with Gasteiger partial charge in [-0.3, -0.25) is 4.79 Å². The highest BCUT2D eigenvalue weighted by Gasteiger charge is 2.38. The lowest BCUT2D eigenvalue weighted by Gasteiger charge is -2.35. The Balaban J connectivity index is 2.08. The maximum atomic E-state index is 12.6. The predicted molar refractivity (Wildman–Crippen MR) is 82.6 cm³/mol. The topological polar surface area (TPSA) is 55.1 Å². The number of nitrogens with two attached hydrogens (primary N) is 1. The van der Waals surface area contributed by atoms with Gasteiger partial charge in [-0.15, -0.1) is 0 Å². The Bertz CT molecular complexity index is 469. The number of carbonyl (C=O) groups excluding carboxylic acids is 1. The molecule has 1 aromatic rings. The van der Waals surface area contributed by atoms with Crippen LogP contribution in [0, 0.1) is 5.41 Å². The fraction of sp³-hybridized carbons (Fsp3) is 0.562. The molecule has 0 spiro atoms. The molecule has 1 atom stereocenters. The third-order valence-electron chi connectivity index (χ3n) is 4.40. The van der Waals surface area contributed by atoms with E-state index in [2.05, 4.69) is 5.32 Å². The predicted octanol–water partition coefficient (Wildman–Crippen LogP) is 3.43. The van der Waals surface area contributed by atoms with E-state index in [9.17, 15) is 4.79 Å². The summed E-state index contributed by atoms with van der Waals surface area (Å²) in [6.07, 6.45) is 5.17. The number of amides is 1. The van der Waals surface area contributed by atoms with Crippen molar-refractivity contribution in [3.8, 4) is 0 Å². The van der Waals surface area contributed by atoms with Crippen molar-refractivity contribution < 1.29 is 4.79 Å². The number of carbonyl (C=O) groups is 1. The molecule has 3 nitrogen and oxygen atoms in total. The van der Waals surface area contributed by atoms with Crippen LogP contribution in [0.25, 0.3) is 0 Å². The average Bonchev–Trinajstić information content (AvgIpc) is 2.48. The van der Waals surface area contributed by atoms with Crippen LogP contribution in [0.1, 0.15) is 50.6 Å². The summed E-state index contributed by atoms with van der Waals surface area (Å²) >= 11 is 6.18. The molecule has 0 radical (unpaired) electrons. The zero-order valence-electron chi connectivity index (χ0n) is 12.0. The van der Waals surface area contributed by atoms with Crippen molar-refractivity contribution in [3.63, 3.8) is 0 Å². The number of benzene rings is 1. The lowest BCUT2D eigenvalue weighted by atomic mass is 9.73. The third-order valence-corrected chi connectivity index (χ3v) is 4.75. The second kappa shape index (κ2) is 6.59. The second-order valence-corrected chi connectivity index (χ2v) is 6.17. The Hall–Kier alpha value is -1.06. The van der Waals surface area contributed by atoms with E-state index in [4.69, 9.17) is 17.3 Å². The van der Waals surface area contributed by atoms with Crippen LogP contribution >= 0.6 is 11.6 Å². The van der Waals surface area contributed by atoms with Gasteiger partial charge in [-0.25, -0.2) is 0 Å². The average molecular weight is 295 g/mol. The van der Waals surface area contributed by atoms with Crippen molar-refractivity contribution in [1.82, 2.24) is 5.32 Å². The maximum absolute atomic E-state index is 12.6. The van der Waals surface area contributed by atoms with Gasteiger partial charge in [-0.2, -0.15) is 0 Å². The molecule has 1 aliphatic rings. The molecular weight excluding hydrogens is 272 g/mol. The highest BCUT2D eigenvalue weighted by atomic mass is 35.5. The number of hydrogen-bond donors (Lipinski definition) is 2. The molecule has 0 aliphatic heterocycles. The summed E-state index contributed by atoms with van der Waals surface area (Å²) in [5.74, 6) is 0.0760. The smallest absolute Gasteiger partial charge is 0.227 e. The van der Waals surface area contributed by atoms with Gasteiger partial charge in [0.15, 0.2) is 0 Å². The first kappa shape index (κ1) is 15.3. The van der Waals surface area contributed by atoms with E-state index in [-0.39, 0.29) is 17.4 Å². The van der Waals surface area contributed by atoms with Crippen molar-refractivity contribution in [2.45, 2.75) is 45.1 Å². The zero-order valence-corrected chi connectivity index (χ0v) is 12.7. The van der Waals surface area contributed by atoms with Crippen LogP contribution < -0.4 is 11.1 Å². The molecule has 0 heterocycles. The molecule has 0 bridgehead atoms. The maximum Gasteiger partial charge on any atom is 0.227 e. The van der Waals surface area contributed by atoms with E-state index in [1.54, 1.807) is 0 Å². The number of rotatable bonds is 4. The summed E-state index contributed by atoms with van der Waals surface area (Å²) in [7, 11) is 0. The highest BCUT2D eigenvalue weighted by molar-refractivity contribution is 6.31. The van der Waals surface area contributed by atoms with Crippen LogP contribution in [-0.4, -0.2) is 12.5 Å². The Morgan fingerprint density at radius 3 is 2.60 bits per heavy atom. The molecule has 0 aromatic heterocycles. The van der Waals surface area contributed by atoms with Crippen molar-refractivity contribution >= 4 is 17.5 Å². The minimum Gasteiger partial charge on any atom is -0.349 e. The summed E-state index contributed by atoms with van der Waals surface area (Å²) in [6.45, 7) is 2.39. The van der Waals surface area contributed by atoms with E-state index < -0.39 is 0 Å². The van der Waals surface area contributed by atoms with Gasteiger partial charge in [0.2, 0.25) is 5.91 Å². The van der Waals surface area contributed by atoms with Crippen molar-refractivity contribution in [1.29, 1.82) is 0 Å². The molecule has 3 N–H and O–H groups in total. The number of hydrogen-bond acceptors (Lipinski definition) is 2. The Morgan fingerprint density at radius 1 is 1.35 bits per heavy atom. The molecule has 0 unspecified atom stereocenters. The summed E-state index contributed by atoms with van der Waals surface area (Å²) in [4.78, 5) is 12.6. The van der Waals surface area contributed by atoms with Crippen molar-refractivity contribution in [2.75, 3.05) is 6.54 Å². The summed E-state index contributed by atoms with van der Waals surface area (Å²) in [5.41, 5.74) is 6.46. The Kier molecular flexibility index (Phi) is 5.06. The summed E-state index contributed by atoms with van der Waals surface area (Å²) in [5, 5.41) is 3.78. The molecule has 1 aromatic carbocycles. The van der Waals surface area contributed by atoms with Gasteiger partial charge in [-0.05, 0) is 31.4 Å². The molecule has 20 heavy (non-hydrogen) atoms. The van der Waals surface area contributed by atoms with Crippen LogP contribution in [0.15, 0.2) is 24.3 Å². The summed E-state index contributed by atoms with van der Waals surface area (Å²) < 4.78 is 0. The molecule has 2 rings (SSSR count). The summed E-state index contributed by atoms with van der Waals surface area (Å²) in [6, 6.07) is 7.52. The van der Waals surface area contributed by atoms with E-state index in [0.717, 1.165) is 31.2 Å². The van der Waals surface area contributed by atoms with Crippen LogP contribution in [0.4, 0.5) is 0 Å². The van der Waals surface area contributed by atoms with Crippen molar-refractivity contribution in [2.24, 2.45) is 11.1 Å². The van der Waals surface area contributed by atoms with Gasteiger partial charge in [0.25, 0.3) is 0 Å². The van der Waals surface area contributed by atoms with Crippen LogP contribution in [-0.2, 0) is 4.79 Å². The van der Waals surface area contributed by atoms with Gasteiger partial charge in [0, 0.05) is 11.6 Å². The standard InChI is InChI=1S/C16H23ClN2O/c1-12(13-7-3-4-8-14(13)17)19-15(20)16(11-18)9-5-2-6-10-16/h3-4,7-8,12H,2,5-6,9-11,18H2,1H3,(H,19,20)/t12-/m1/s1. The molecular formula is C16H23ClN2O. The minimum absolute atomic E-state index is 0.0760. The molecule has 1 amide bonds. The lowest BCUT2D eigenvalue weighted by Crippen LogP contribution is -2.47. The molecule has 1 fully saturated rings. The lowest BCUT2D eigenvalue weighted by molar-refractivity contribution is -0.133. The van der Waals surface area contributed by atoms with Gasteiger partial charge in [0.05, 0.1) is 11.5 Å². The molecule has 0 saturated heterocycles. The minimum atomic E-state index is -0.381. The fourth-order valence-corrected chi connectivity index (χ4v) is 3.31. The van der Waals surface area contributed by atoms with Crippen molar-refractivity contribution in [3.05, 3.63) is 34.9 Å². The van der Waals surface area contributed by atoms with Gasteiger partial charge >= 0.3 is 0 Å². The molecule has 1 aliphatic carbocycles. The zero-order chi connectivity index (χ0) is 14.6. The van der Waals surface area contributed by atoms with Gasteiger partial charge in [-0.1, -0.05) is 49.1 Å². The first-order valence-electron chi connectivity index (χ1n) is 7.34. The van der Waals surface area contributed by atoms with E-state index in [0.29, 0.717) is 11.6 Å².